The number of carbonyl (C=O) groups is 1. The fraction of sp³-hybridized carbons (Fsp3) is 0.320. The minimum atomic E-state index is -0.277. The van der Waals surface area contributed by atoms with Crippen LogP contribution < -0.4 is 10.2 Å². The molecule has 3 aromatic rings. The van der Waals surface area contributed by atoms with E-state index in [1.54, 1.807) is 24.5 Å². The van der Waals surface area contributed by atoms with Crippen molar-refractivity contribution in [3.63, 3.8) is 0 Å². The molecule has 7 heteroatoms. The van der Waals surface area contributed by atoms with Crippen LogP contribution in [0.1, 0.15) is 30.0 Å². The molecule has 6 rings (SSSR count). The van der Waals surface area contributed by atoms with E-state index in [0.717, 1.165) is 31.7 Å². The Morgan fingerprint density at radius 2 is 1.94 bits per heavy atom. The molecule has 2 fully saturated rings. The normalized spacial score (nSPS) is 21.0. The summed E-state index contributed by atoms with van der Waals surface area (Å²) in [5, 5.41) is 3.53. The van der Waals surface area contributed by atoms with Crippen molar-refractivity contribution in [3.8, 4) is 11.1 Å². The Labute approximate surface area is 186 Å². The van der Waals surface area contributed by atoms with Crippen LogP contribution in [0.3, 0.4) is 0 Å². The quantitative estimate of drug-likeness (QED) is 0.643. The minimum absolute atomic E-state index is 0.112. The molecule has 3 aliphatic rings. The third kappa shape index (κ3) is 3.15. The van der Waals surface area contributed by atoms with E-state index in [9.17, 15) is 9.18 Å². The third-order valence-corrected chi connectivity index (χ3v) is 7.02. The van der Waals surface area contributed by atoms with Crippen molar-refractivity contribution in [1.82, 2.24) is 20.2 Å². The number of halogens is 1. The highest BCUT2D eigenvalue weighted by molar-refractivity contribution is 5.73. The molecule has 1 saturated carbocycles. The summed E-state index contributed by atoms with van der Waals surface area (Å²) in [5.41, 5.74) is 5.03. The molecule has 1 unspecified atom stereocenters. The number of hydrogen-bond donors (Lipinski definition) is 1. The van der Waals surface area contributed by atoms with E-state index in [-0.39, 0.29) is 17.3 Å². The fourth-order valence-corrected chi connectivity index (χ4v) is 5.05. The lowest BCUT2D eigenvalue weighted by molar-refractivity contribution is -0.119. The average molecular weight is 429 g/mol. The van der Waals surface area contributed by atoms with Crippen LogP contribution in [0, 0.1) is 5.82 Å². The van der Waals surface area contributed by atoms with Crippen molar-refractivity contribution in [3.05, 3.63) is 71.8 Å². The lowest BCUT2D eigenvalue weighted by Gasteiger charge is -2.31. The van der Waals surface area contributed by atoms with Crippen molar-refractivity contribution in [2.24, 2.45) is 0 Å². The van der Waals surface area contributed by atoms with Gasteiger partial charge in [0.1, 0.15) is 5.82 Å². The molecule has 1 amide bonds. The molecule has 1 spiro atoms. The number of nitrogens with zero attached hydrogens (tertiary/aromatic N) is 4. The Morgan fingerprint density at radius 3 is 2.69 bits per heavy atom. The topological polar surface area (TPSA) is 61.4 Å². The Morgan fingerprint density at radius 1 is 1.12 bits per heavy atom. The van der Waals surface area contributed by atoms with Gasteiger partial charge in [0.2, 0.25) is 12.4 Å². The maximum absolute atomic E-state index is 14.2. The highest BCUT2D eigenvalue weighted by Crippen LogP contribution is 2.58. The summed E-state index contributed by atoms with van der Waals surface area (Å²) < 4.78 is 14.2. The number of aromatic nitrogens is 2. The number of hydrogen-bond acceptors (Lipinski definition) is 5. The van der Waals surface area contributed by atoms with Crippen LogP contribution in [0.2, 0.25) is 0 Å². The van der Waals surface area contributed by atoms with Crippen LogP contribution in [-0.2, 0) is 10.2 Å². The average Bonchev–Trinajstić information content (AvgIpc) is 3.56. The second-order valence-corrected chi connectivity index (χ2v) is 9.00. The number of anilines is 2. The summed E-state index contributed by atoms with van der Waals surface area (Å²) in [6.45, 7) is 3.06. The Kier molecular flexibility index (Phi) is 4.47. The van der Waals surface area contributed by atoms with E-state index < -0.39 is 0 Å². The molecule has 1 aliphatic carbocycles. The van der Waals surface area contributed by atoms with Crippen LogP contribution in [0.25, 0.3) is 11.1 Å². The predicted molar refractivity (Wildman–Crippen MR) is 120 cm³/mol. The molecule has 2 aliphatic heterocycles. The van der Waals surface area contributed by atoms with Gasteiger partial charge in [-0.25, -0.2) is 14.4 Å². The van der Waals surface area contributed by atoms with Gasteiger partial charge in [0.05, 0.1) is 6.04 Å². The van der Waals surface area contributed by atoms with Gasteiger partial charge in [0.25, 0.3) is 0 Å². The monoisotopic (exact) mass is 429 g/mol. The standard InChI is InChI=1S/C25H24FN5O/c26-21-4-2-1-3-19(21)18-12-28-24(29-13-18)31-15-25(7-8-25)20-6-5-17(11-23(20)31)22-14-30(16-32)10-9-27-22/h1-6,11-13,16,22,27H,7-10,14-15H2. The van der Waals surface area contributed by atoms with Crippen LogP contribution >= 0.6 is 0 Å². The van der Waals surface area contributed by atoms with Gasteiger partial charge in [-0.15, -0.1) is 0 Å². The van der Waals surface area contributed by atoms with Crippen molar-refractivity contribution in [2.75, 3.05) is 31.1 Å². The SMILES string of the molecule is O=CN1CCNC(c2ccc3c(c2)N(c2ncc(-c4ccccc4F)cn2)CC32CC2)C1. The van der Waals surface area contributed by atoms with Gasteiger partial charge >= 0.3 is 0 Å². The Balaban J connectivity index is 1.33. The van der Waals surface area contributed by atoms with E-state index in [2.05, 4.69) is 38.4 Å². The number of rotatable bonds is 4. The molecular formula is C25H24FN5O. The lowest BCUT2D eigenvalue weighted by atomic mass is 9.95. The van der Waals surface area contributed by atoms with Crippen molar-refractivity contribution in [1.29, 1.82) is 0 Å². The van der Waals surface area contributed by atoms with Crippen molar-refractivity contribution < 1.29 is 9.18 Å². The van der Waals surface area contributed by atoms with E-state index in [1.165, 1.54) is 30.0 Å². The van der Waals surface area contributed by atoms with Crippen LogP contribution in [-0.4, -0.2) is 47.5 Å². The number of fused-ring (bicyclic) bond motifs is 2. The maximum atomic E-state index is 14.2. The zero-order valence-electron chi connectivity index (χ0n) is 17.7. The summed E-state index contributed by atoms with van der Waals surface area (Å²) in [4.78, 5) is 24.5. The highest BCUT2D eigenvalue weighted by Gasteiger charge is 2.52. The molecule has 0 bridgehead atoms. The second-order valence-electron chi connectivity index (χ2n) is 9.00. The van der Waals surface area contributed by atoms with Gasteiger partial charge < -0.3 is 15.1 Å². The predicted octanol–water partition coefficient (Wildman–Crippen LogP) is 3.57. The minimum Gasteiger partial charge on any atom is -0.342 e. The van der Waals surface area contributed by atoms with E-state index in [0.29, 0.717) is 23.6 Å². The third-order valence-electron chi connectivity index (χ3n) is 7.02. The van der Waals surface area contributed by atoms with Gasteiger partial charge in [0.15, 0.2) is 0 Å². The summed E-state index contributed by atoms with van der Waals surface area (Å²) in [6.07, 6.45) is 6.67. The molecule has 162 valence electrons. The molecule has 6 nitrogen and oxygen atoms in total. The molecule has 1 atom stereocenters. The smallest absolute Gasteiger partial charge is 0.229 e. The fourth-order valence-electron chi connectivity index (χ4n) is 5.05. The lowest BCUT2D eigenvalue weighted by Crippen LogP contribution is -2.45. The molecule has 1 saturated heterocycles. The molecule has 1 N–H and O–H groups in total. The number of amides is 1. The number of carbonyl (C=O) groups excluding carboxylic acids is 1. The molecule has 0 radical (unpaired) electrons. The van der Waals surface area contributed by atoms with Crippen molar-refractivity contribution in [2.45, 2.75) is 24.3 Å². The van der Waals surface area contributed by atoms with Gasteiger partial charge in [-0.1, -0.05) is 30.3 Å². The summed E-state index contributed by atoms with van der Waals surface area (Å²) in [7, 11) is 0. The van der Waals surface area contributed by atoms with Crippen LogP contribution in [0.15, 0.2) is 54.9 Å². The first-order valence-electron chi connectivity index (χ1n) is 11.1. The molecule has 2 aromatic carbocycles. The first kappa shape index (κ1) is 19.4. The maximum Gasteiger partial charge on any atom is 0.229 e. The molecule has 32 heavy (non-hydrogen) atoms. The Hall–Kier alpha value is -3.32. The van der Waals surface area contributed by atoms with Crippen LogP contribution in [0.4, 0.5) is 16.0 Å². The van der Waals surface area contributed by atoms with Gasteiger partial charge in [-0.2, -0.15) is 0 Å². The first-order chi connectivity index (χ1) is 15.7. The first-order valence-corrected chi connectivity index (χ1v) is 11.1. The summed E-state index contributed by atoms with van der Waals surface area (Å²) in [5.74, 6) is 0.361. The summed E-state index contributed by atoms with van der Waals surface area (Å²) >= 11 is 0. The van der Waals surface area contributed by atoms with Gasteiger partial charge in [-0.3, -0.25) is 4.79 Å². The zero-order chi connectivity index (χ0) is 21.7. The largest absolute Gasteiger partial charge is 0.342 e. The molecule has 3 heterocycles. The van der Waals surface area contributed by atoms with Crippen molar-refractivity contribution >= 4 is 18.0 Å². The Bertz CT molecular complexity index is 1180. The van der Waals surface area contributed by atoms with Gasteiger partial charge in [-0.05, 0) is 36.1 Å². The molecular weight excluding hydrogens is 405 g/mol. The number of nitrogens with one attached hydrogen (secondary N) is 1. The van der Waals surface area contributed by atoms with E-state index in [4.69, 9.17) is 0 Å². The summed E-state index contributed by atoms with van der Waals surface area (Å²) in [6, 6.07) is 13.4. The second kappa shape index (κ2) is 7.38. The highest BCUT2D eigenvalue weighted by atomic mass is 19.1. The number of benzene rings is 2. The van der Waals surface area contributed by atoms with Crippen LogP contribution in [0.5, 0.6) is 0 Å². The van der Waals surface area contributed by atoms with E-state index in [1.807, 2.05) is 11.0 Å². The number of piperazine rings is 1. The van der Waals surface area contributed by atoms with E-state index >= 15 is 0 Å². The van der Waals surface area contributed by atoms with Gasteiger partial charge in [0, 0.05) is 60.8 Å². The zero-order valence-corrected chi connectivity index (χ0v) is 17.7. The molecule has 1 aromatic heterocycles.